The number of rotatable bonds is 8. The number of amides is 1. The van der Waals surface area contributed by atoms with Crippen LogP contribution in [-0.4, -0.2) is 35.9 Å². The Morgan fingerprint density at radius 1 is 1.16 bits per heavy atom. The van der Waals surface area contributed by atoms with Crippen LogP contribution in [0.15, 0.2) is 72.0 Å². The van der Waals surface area contributed by atoms with E-state index in [4.69, 9.17) is 21.2 Å². The summed E-state index contributed by atoms with van der Waals surface area (Å²) in [6, 6.07) is 18.1. The second kappa shape index (κ2) is 10.3. The molecule has 166 valence electrons. The molecule has 7 nitrogen and oxygen atoms in total. The largest absolute Gasteiger partial charge is 0.472 e. The van der Waals surface area contributed by atoms with Crippen LogP contribution in [0, 0.1) is 0 Å². The highest BCUT2D eigenvalue weighted by molar-refractivity contribution is 6.45. The minimum atomic E-state index is -1.26. The zero-order valence-electron chi connectivity index (χ0n) is 18.0. The third-order valence-corrected chi connectivity index (χ3v) is 5.24. The van der Waals surface area contributed by atoms with Crippen molar-refractivity contribution in [2.75, 3.05) is 14.2 Å². The summed E-state index contributed by atoms with van der Waals surface area (Å²) in [6.45, 7) is 1.78. The third-order valence-electron chi connectivity index (χ3n) is 4.97. The average Bonchev–Trinajstić information content (AvgIpc) is 2.82. The molecular weight excluding hydrogens is 430 g/mol. The van der Waals surface area contributed by atoms with E-state index in [2.05, 4.69) is 15.5 Å². The van der Waals surface area contributed by atoms with Crippen molar-refractivity contribution in [1.82, 2.24) is 10.3 Å². The molecule has 1 aromatic heterocycles. The molecule has 0 fully saturated rings. The molecule has 0 bridgehead atoms. The minimum Gasteiger partial charge on any atom is -0.472 e. The predicted molar refractivity (Wildman–Crippen MR) is 123 cm³/mol. The number of aromatic nitrogens is 1. The second-order valence-corrected chi connectivity index (χ2v) is 7.50. The van der Waals surface area contributed by atoms with Crippen LogP contribution in [0.1, 0.15) is 29.2 Å². The first kappa shape index (κ1) is 23.2. The van der Waals surface area contributed by atoms with E-state index in [0.29, 0.717) is 16.7 Å². The van der Waals surface area contributed by atoms with Gasteiger partial charge in [-0.15, -0.1) is 0 Å². The first-order chi connectivity index (χ1) is 15.4. The Morgan fingerprint density at radius 2 is 1.84 bits per heavy atom. The lowest BCUT2D eigenvalue weighted by Crippen LogP contribution is -2.29. The summed E-state index contributed by atoms with van der Waals surface area (Å²) in [6.07, 6.45) is 1.53. The first-order valence-corrected chi connectivity index (χ1v) is 10.2. The molecule has 3 rings (SSSR count). The molecule has 0 saturated carbocycles. The number of hydrogen-bond acceptors (Lipinski definition) is 6. The van der Waals surface area contributed by atoms with Gasteiger partial charge in [0.2, 0.25) is 5.88 Å². The number of pyridine rings is 1. The van der Waals surface area contributed by atoms with E-state index >= 15 is 0 Å². The van der Waals surface area contributed by atoms with Gasteiger partial charge in [0.15, 0.2) is 5.71 Å². The van der Waals surface area contributed by atoms with Crippen molar-refractivity contribution >= 4 is 23.2 Å². The molecule has 0 aliphatic carbocycles. The van der Waals surface area contributed by atoms with E-state index in [1.807, 2.05) is 42.5 Å². The molecule has 8 heteroatoms. The van der Waals surface area contributed by atoms with Crippen LogP contribution < -0.4 is 10.1 Å². The van der Waals surface area contributed by atoms with Crippen molar-refractivity contribution in [3.05, 3.63) is 94.1 Å². The van der Waals surface area contributed by atoms with Gasteiger partial charge in [0.05, 0.1) is 0 Å². The van der Waals surface area contributed by atoms with Crippen molar-refractivity contribution in [1.29, 1.82) is 0 Å². The molecule has 0 saturated heterocycles. The van der Waals surface area contributed by atoms with Gasteiger partial charge in [-0.1, -0.05) is 71.4 Å². The SMILES string of the molecule is CNC(=O)/C(=N/OC)c1ccccc1COc1ncc(C(C)(O)c2ccccc2)cc1Cl. The molecule has 2 N–H and O–H groups in total. The first-order valence-electron chi connectivity index (χ1n) is 9.86. The number of nitrogens with zero attached hydrogens (tertiary/aromatic N) is 2. The van der Waals surface area contributed by atoms with Gasteiger partial charge >= 0.3 is 0 Å². The fourth-order valence-electron chi connectivity index (χ4n) is 3.17. The van der Waals surface area contributed by atoms with E-state index in [-0.39, 0.29) is 29.1 Å². The maximum Gasteiger partial charge on any atom is 0.273 e. The molecule has 3 aromatic rings. The van der Waals surface area contributed by atoms with Crippen molar-refractivity contribution in [3.63, 3.8) is 0 Å². The molecule has 0 aliphatic rings. The van der Waals surface area contributed by atoms with Crippen molar-refractivity contribution in [2.45, 2.75) is 19.1 Å². The third kappa shape index (κ3) is 5.07. The highest BCUT2D eigenvalue weighted by Gasteiger charge is 2.27. The Labute approximate surface area is 191 Å². The van der Waals surface area contributed by atoms with Gasteiger partial charge in [-0.2, -0.15) is 0 Å². The normalized spacial score (nSPS) is 13.2. The van der Waals surface area contributed by atoms with Crippen molar-refractivity contribution in [2.24, 2.45) is 5.16 Å². The Bertz CT molecular complexity index is 1120. The number of ether oxygens (including phenoxy) is 1. The Kier molecular flexibility index (Phi) is 7.45. The average molecular weight is 454 g/mol. The molecule has 1 heterocycles. The number of benzene rings is 2. The van der Waals surface area contributed by atoms with Gasteiger partial charge in [-0.05, 0) is 24.1 Å². The quantitative estimate of drug-likeness (QED) is 0.401. The number of likely N-dealkylation sites (N-methyl/N-ethyl adjacent to an activating group) is 1. The van der Waals surface area contributed by atoms with Gasteiger partial charge in [0.1, 0.15) is 24.3 Å². The molecule has 1 unspecified atom stereocenters. The van der Waals surface area contributed by atoms with Gasteiger partial charge in [-0.25, -0.2) is 4.98 Å². The summed E-state index contributed by atoms with van der Waals surface area (Å²) in [7, 11) is 2.89. The zero-order valence-corrected chi connectivity index (χ0v) is 18.8. The maximum atomic E-state index is 12.2. The van der Waals surface area contributed by atoms with Gasteiger partial charge in [0, 0.05) is 24.4 Å². The van der Waals surface area contributed by atoms with Crippen molar-refractivity contribution < 1.29 is 19.5 Å². The molecule has 32 heavy (non-hydrogen) atoms. The Hall–Kier alpha value is -3.42. The summed E-state index contributed by atoms with van der Waals surface area (Å²) < 4.78 is 5.83. The topological polar surface area (TPSA) is 93.0 Å². The van der Waals surface area contributed by atoms with Gasteiger partial charge < -0.3 is 20.0 Å². The van der Waals surface area contributed by atoms with Crippen LogP contribution in [0.4, 0.5) is 0 Å². The smallest absolute Gasteiger partial charge is 0.273 e. The molecule has 0 aliphatic heterocycles. The summed E-state index contributed by atoms with van der Waals surface area (Å²) in [5, 5.41) is 17.6. The zero-order chi connectivity index (χ0) is 23.1. The number of carbonyl (C=O) groups is 1. The number of nitrogens with one attached hydrogen (secondary N) is 1. The summed E-state index contributed by atoms with van der Waals surface area (Å²) in [5.74, 6) is -0.179. The number of halogens is 1. The van der Waals surface area contributed by atoms with Crippen LogP contribution in [-0.2, 0) is 21.8 Å². The summed E-state index contributed by atoms with van der Waals surface area (Å²) >= 11 is 6.41. The van der Waals surface area contributed by atoms with Crippen LogP contribution in [0.5, 0.6) is 5.88 Å². The summed E-state index contributed by atoms with van der Waals surface area (Å²) in [5.41, 5.74) is 1.39. The van der Waals surface area contributed by atoms with Gasteiger partial charge in [-0.3, -0.25) is 4.79 Å². The van der Waals surface area contributed by atoms with E-state index in [1.54, 1.807) is 25.1 Å². The predicted octanol–water partition coefficient (Wildman–Crippen LogP) is 3.67. The number of carbonyl (C=O) groups excluding carboxylic acids is 1. The molecule has 1 amide bonds. The van der Waals surface area contributed by atoms with Crippen LogP contribution in [0.2, 0.25) is 5.02 Å². The Morgan fingerprint density at radius 3 is 2.50 bits per heavy atom. The molecular formula is C24H24ClN3O4. The lowest BCUT2D eigenvalue weighted by atomic mass is 9.89. The molecule has 0 spiro atoms. The lowest BCUT2D eigenvalue weighted by molar-refractivity contribution is -0.114. The highest BCUT2D eigenvalue weighted by atomic mass is 35.5. The van der Waals surface area contributed by atoms with Crippen molar-refractivity contribution in [3.8, 4) is 5.88 Å². The lowest BCUT2D eigenvalue weighted by Gasteiger charge is -2.24. The standard InChI is InChI=1S/C24H24ClN3O4/c1-24(30,17-10-5-4-6-11-17)18-13-20(25)23(27-14-18)32-15-16-9-7-8-12-19(16)21(28-31-3)22(29)26-2/h4-14,30H,15H2,1-3H3,(H,26,29)/b28-21+. The number of aliphatic hydroxyl groups is 1. The van der Waals surface area contributed by atoms with E-state index in [0.717, 1.165) is 5.56 Å². The minimum absolute atomic E-state index is 0.0943. The van der Waals surface area contributed by atoms with Crippen LogP contribution >= 0.6 is 11.6 Å². The van der Waals surface area contributed by atoms with Crippen LogP contribution in [0.25, 0.3) is 0 Å². The number of hydrogen-bond donors (Lipinski definition) is 2. The van der Waals surface area contributed by atoms with Crippen LogP contribution in [0.3, 0.4) is 0 Å². The highest BCUT2D eigenvalue weighted by Crippen LogP contribution is 2.33. The van der Waals surface area contributed by atoms with E-state index in [9.17, 15) is 9.90 Å². The molecule has 1 atom stereocenters. The maximum absolute atomic E-state index is 12.2. The fraction of sp³-hybridized carbons (Fsp3) is 0.208. The van der Waals surface area contributed by atoms with E-state index < -0.39 is 5.60 Å². The van der Waals surface area contributed by atoms with E-state index in [1.165, 1.54) is 20.4 Å². The second-order valence-electron chi connectivity index (χ2n) is 7.10. The fourth-order valence-corrected chi connectivity index (χ4v) is 3.39. The van der Waals surface area contributed by atoms with Gasteiger partial charge in [0.25, 0.3) is 5.91 Å². The number of oxime groups is 1. The molecule has 0 radical (unpaired) electrons. The Balaban J connectivity index is 1.83. The molecule has 2 aromatic carbocycles. The summed E-state index contributed by atoms with van der Waals surface area (Å²) in [4.78, 5) is 21.3. The monoisotopic (exact) mass is 453 g/mol.